The number of fused-ring (bicyclic) bond motifs is 2. The predicted octanol–water partition coefficient (Wildman–Crippen LogP) is 7.49. The Bertz CT molecular complexity index is 1850. The van der Waals surface area contributed by atoms with Crippen LogP contribution in [0.2, 0.25) is 0 Å². The summed E-state index contributed by atoms with van der Waals surface area (Å²) in [5, 5.41) is -0.180. The lowest BCUT2D eigenvalue weighted by molar-refractivity contribution is -0.143. The Labute approximate surface area is 243 Å². The van der Waals surface area contributed by atoms with Crippen molar-refractivity contribution in [3.8, 4) is 28.6 Å². The van der Waals surface area contributed by atoms with Crippen molar-refractivity contribution >= 4 is 16.9 Å². The maximum Gasteiger partial charge on any atom is 0.306 e. The second kappa shape index (κ2) is 11.1. The molecule has 1 aliphatic rings. The van der Waals surface area contributed by atoms with Crippen LogP contribution in [0.25, 0.3) is 22.3 Å². The lowest BCUT2D eigenvalue weighted by atomic mass is 9.74. The number of carbonyl (C=O) groups excluding carboxylic acids is 1. The van der Waals surface area contributed by atoms with Crippen LogP contribution in [0.3, 0.4) is 0 Å². The summed E-state index contributed by atoms with van der Waals surface area (Å²) < 4.78 is 75.7. The number of nitrogens with one attached hydrogen (secondary N) is 2. The van der Waals surface area contributed by atoms with Crippen LogP contribution in [0.4, 0.5) is 17.6 Å². The van der Waals surface area contributed by atoms with Crippen molar-refractivity contribution in [3.63, 3.8) is 0 Å². The van der Waals surface area contributed by atoms with Crippen molar-refractivity contribution in [2.24, 2.45) is 0 Å². The number of aryl methyl sites for hydroxylation is 1. The molecule has 5 aromatic rings. The topological polar surface area (TPSA) is 89.2 Å². The van der Waals surface area contributed by atoms with Gasteiger partial charge in [-0.3, -0.25) is 4.79 Å². The maximum atomic E-state index is 15.0. The first-order valence-corrected chi connectivity index (χ1v) is 13.8. The van der Waals surface area contributed by atoms with Gasteiger partial charge in [0, 0.05) is 35.2 Å². The molecule has 1 atom stereocenters. The number of halogens is 4. The van der Waals surface area contributed by atoms with Gasteiger partial charge in [-0.2, -0.15) is 4.39 Å². The predicted molar refractivity (Wildman–Crippen MR) is 150 cm³/mol. The average molecular weight is 594 g/mol. The molecule has 0 saturated heterocycles. The van der Waals surface area contributed by atoms with E-state index in [0.29, 0.717) is 37.5 Å². The first-order chi connectivity index (χ1) is 20.7. The van der Waals surface area contributed by atoms with Gasteiger partial charge in [0.2, 0.25) is 11.6 Å². The zero-order chi connectivity index (χ0) is 30.3. The van der Waals surface area contributed by atoms with Gasteiger partial charge in [-0.25, -0.2) is 18.2 Å². The molecular weight excluding hydrogens is 566 g/mol. The fourth-order valence-corrected chi connectivity index (χ4v) is 5.48. The van der Waals surface area contributed by atoms with E-state index in [9.17, 15) is 18.0 Å². The van der Waals surface area contributed by atoms with Gasteiger partial charge in [0.25, 0.3) is 0 Å². The quantitative estimate of drug-likeness (QED) is 0.111. The highest BCUT2D eigenvalue weighted by atomic mass is 19.2. The highest BCUT2D eigenvalue weighted by Crippen LogP contribution is 2.45. The van der Waals surface area contributed by atoms with Gasteiger partial charge in [0.1, 0.15) is 23.1 Å². The van der Waals surface area contributed by atoms with Crippen LogP contribution in [0.1, 0.15) is 43.5 Å². The number of aromatic nitrogens is 3. The smallest absolute Gasteiger partial charge is 0.306 e. The number of carbonyl (C=O) groups is 1. The van der Waals surface area contributed by atoms with Crippen LogP contribution < -0.4 is 9.47 Å². The molecule has 2 aromatic heterocycles. The number of ether oxygens (including phenoxy) is 3. The molecule has 0 spiro atoms. The number of rotatable bonds is 8. The molecule has 3 aromatic carbocycles. The fourth-order valence-electron chi connectivity index (χ4n) is 5.48. The molecule has 222 valence electrons. The van der Waals surface area contributed by atoms with Crippen molar-refractivity contribution in [2.75, 3.05) is 13.2 Å². The monoisotopic (exact) mass is 593 g/mol. The highest BCUT2D eigenvalue weighted by Gasteiger charge is 2.38. The lowest BCUT2D eigenvalue weighted by Gasteiger charge is -2.35. The van der Waals surface area contributed by atoms with Crippen molar-refractivity contribution in [3.05, 3.63) is 94.9 Å². The molecule has 0 amide bonds. The number of imidazole rings is 1. The van der Waals surface area contributed by atoms with E-state index < -0.39 is 34.4 Å². The Hall–Kier alpha value is -4.80. The molecule has 0 fully saturated rings. The molecule has 0 bridgehead atoms. The van der Waals surface area contributed by atoms with Crippen LogP contribution in [0.5, 0.6) is 17.2 Å². The van der Waals surface area contributed by atoms with E-state index in [0.717, 1.165) is 17.2 Å². The Morgan fingerprint density at radius 2 is 1.91 bits per heavy atom. The first-order valence-electron chi connectivity index (χ1n) is 13.8. The fraction of sp³-hybridized carbons (Fsp3) is 0.250. The van der Waals surface area contributed by atoms with Crippen LogP contribution in [-0.4, -0.2) is 34.1 Å². The Kier molecular flexibility index (Phi) is 7.33. The average Bonchev–Trinajstić information content (AvgIpc) is 3.70. The van der Waals surface area contributed by atoms with Crippen molar-refractivity contribution in [1.82, 2.24) is 15.0 Å². The van der Waals surface area contributed by atoms with Gasteiger partial charge in [-0.1, -0.05) is 18.2 Å². The number of hydrogen-bond acceptors (Lipinski definition) is 5. The molecule has 1 aliphatic heterocycles. The van der Waals surface area contributed by atoms with Crippen LogP contribution >= 0.6 is 0 Å². The van der Waals surface area contributed by atoms with Crippen LogP contribution in [0.15, 0.2) is 54.9 Å². The number of benzene rings is 3. The molecule has 0 radical (unpaired) electrons. The molecule has 3 heterocycles. The molecule has 11 heteroatoms. The third kappa shape index (κ3) is 4.98. The maximum absolute atomic E-state index is 15.0. The standard InChI is InChI=1S/C32H27F4N3O4/c1-3-41-24(40)10-7-17-5-4-6-21-29(17)42-14-12-32(21,2)23-16-38-31(39-23)20-15-18(8-9-22(20)33)43-30-25(34)19-11-13-37-28(19)26(35)27(30)36/h4-6,8-9,11,13,15-16,37H,3,7,10,12,14H2,1-2H3,(H,38,39)/t32-/m1/s1. The number of para-hydroxylation sites is 1. The summed E-state index contributed by atoms with van der Waals surface area (Å²) in [4.78, 5) is 22.1. The summed E-state index contributed by atoms with van der Waals surface area (Å²) in [6.45, 7) is 4.48. The lowest BCUT2D eigenvalue weighted by Crippen LogP contribution is -2.32. The van der Waals surface area contributed by atoms with Gasteiger partial charge >= 0.3 is 5.97 Å². The summed E-state index contributed by atoms with van der Waals surface area (Å²) in [6.07, 6.45) is 4.21. The van der Waals surface area contributed by atoms with Crippen molar-refractivity contribution in [2.45, 2.75) is 38.5 Å². The van der Waals surface area contributed by atoms with Gasteiger partial charge in [0.05, 0.1) is 30.0 Å². The Morgan fingerprint density at radius 1 is 1.07 bits per heavy atom. The highest BCUT2D eigenvalue weighted by molar-refractivity contribution is 5.82. The molecular formula is C32H27F4N3O4. The second-order valence-corrected chi connectivity index (χ2v) is 10.4. The van der Waals surface area contributed by atoms with E-state index in [1.54, 1.807) is 13.1 Å². The van der Waals surface area contributed by atoms with Crippen LogP contribution in [0, 0.1) is 23.3 Å². The molecule has 43 heavy (non-hydrogen) atoms. The summed E-state index contributed by atoms with van der Waals surface area (Å²) in [5.74, 6) is -5.03. The van der Waals surface area contributed by atoms with E-state index in [1.807, 2.05) is 25.1 Å². The minimum absolute atomic E-state index is 0.00756. The molecule has 6 rings (SSSR count). The van der Waals surface area contributed by atoms with Crippen molar-refractivity contribution < 1.29 is 36.6 Å². The third-order valence-electron chi connectivity index (χ3n) is 7.79. The van der Waals surface area contributed by atoms with E-state index >= 15 is 4.39 Å². The van der Waals surface area contributed by atoms with Crippen LogP contribution in [-0.2, 0) is 21.4 Å². The Balaban J connectivity index is 1.31. The molecule has 2 N–H and O–H groups in total. The summed E-state index contributed by atoms with van der Waals surface area (Å²) in [5.41, 5.74) is 1.44. The minimum atomic E-state index is -1.51. The van der Waals surface area contributed by atoms with Gasteiger partial charge in [-0.15, -0.1) is 0 Å². The van der Waals surface area contributed by atoms with E-state index in [4.69, 9.17) is 19.2 Å². The number of H-pyrrole nitrogens is 2. The van der Waals surface area contributed by atoms with E-state index in [-0.39, 0.29) is 40.4 Å². The zero-order valence-corrected chi connectivity index (χ0v) is 23.3. The number of esters is 1. The third-order valence-corrected chi connectivity index (χ3v) is 7.79. The van der Waals surface area contributed by atoms with Crippen molar-refractivity contribution in [1.29, 1.82) is 0 Å². The number of aromatic amines is 2. The van der Waals surface area contributed by atoms with Gasteiger partial charge in [-0.05, 0) is 56.5 Å². The SMILES string of the molecule is CCOC(=O)CCc1cccc2c1OCC[C@@]2(C)c1c[nH]c(-c2cc(Oc3c(F)c(F)c4[nH]ccc4c3F)ccc2F)n1. The molecule has 0 saturated carbocycles. The first kappa shape index (κ1) is 28.3. The zero-order valence-electron chi connectivity index (χ0n) is 23.3. The number of hydrogen-bond donors (Lipinski definition) is 2. The summed E-state index contributed by atoms with van der Waals surface area (Å²) in [6, 6.07) is 10.5. The summed E-state index contributed by atoms with van der Waals surface area (Å²) >= 11 is 0. The largest absolute Gasteiger partial charge is 0.493 e. The van der Waals surface area contributed by atoms with Gasteiger partial charge in [0.15, 0.2) is 11.6 Å². The normalized spacial score (nSPS) is 16.1. The second-order valence-electron chi connectivity index (χ2n) is 10.4. The van der Waals surface area contributed by atoms with Gasteiger partial charge < -0.3 is 24.2 Å². The Morgan fingerprint density at radius 3 is 2.72 bits per heavy atom. The minimum Gasteiger partial charge on any atom is -0.493 e. The van der Waals surface area contributed by atoms with E-state index in [2.05, 4.69) is 9.97 Å². The molecule has 0 unspecified atom stereocenters. The summed E-state index contributed by atoms with van der Waals surface area (Å²) in [7, 11) is 0. The molecule has 7 nitrogen and oxygen atoms in total. The van der Waals surface area contributed by atoms with E-state index in [1.165, 1.54) is 24.4 Å². The number of nitrogens with zero attached hydrogens (tertiary/aromatic N) is 1. The molecule has 0 aliphatic carbocycles.